The molecule has 8 nitrogen and oxygen atoms in total. The fraction of sp³-hybridized carbons (Fsp3) is 0.447. The summed E-state index contributed by atoms with van der Waals surface area (Å²) in [7, 11) is 0. The van der Waals surface area contributed by atoms with E-state index in [9.17, 15) is 5.11 Å². The molecule has 3 N–H and O–H groups in total. The molecule has 0 bridgehead atoms. The molecule has 246 valence electrons. The van der Waals surface area contributed by atoms with Crippen LogP contribution in [0.4, 0.5) is 0 Å². The van der Waals surface area contributed by atoms with Crippen molar-refractivity contribution in [1.82, 2.24) is 15.0 Å². The van der Waals surface area contributed by atoms with Gasteiger partial charge in [-0.3, -0.25) is 0 Å². The van der Waals surface area contributed by atoms with E-state index >= 15 is 0 Å². The summed E-state index contributed by atoms with van der Waals surface area (Å²) in [5.74, 6) is 8.76. The summed E-state index contributed by atoms with van der Waals surface area (Å²) in [6.45, 7) is 17.8. The Morgan fingerprint density at radius 1 is 0.717 bits per heavy atom. The van der Waals surface area contributed by atoms with Crippen LogP contribution in [0, 0.1) is 47.5 Å². The van der Waals surface area contributed by atoms with Crippen LogP contribution >= 0.6 is 0 Å². The van der Waals surface area contributed by atoms with Crippen LogP contribution in [-0.2, 0) is 4.74 Å². The maximum atomic E-state index is 10.5. The first kappa shape index (κ1) is 35.0. The lowest BCUT2D eigenvalue weighted by atomic mass is 9.97. The van der Waals surface area contributed by atoms with Crippen LogP contribution in [0.3, 0.4) is 0 Å². The molecule has 0 aliphatic carbocycles. The van der Waals surface area contributed by atoms with Gasteiger partial charge in [0.25, 0.3) is 0 Å². The second-order valence-corrected chi connectivity index (χ2v) is 12.5. The third kappa shape index (κ3) is 8.69. The van der Waals surface area contributed by atoms with Crippen LogP contribution in [0.25, 0.3) is 34.2 Å². The fourth-order valence-electron chi connectivity index (χ4n) is 6.17. The van der Waals surface area contributed by atoms with E-state index in [4.69, 9.17) is 35.2 Å². The lowest BCUT2D eigenvalue weighted by Crippen LogP contribution is -2.25. The van der Waals surface area contributed by atoms with Crippen molar-refractivity contribution in [3.8, 4) is 45.7 Å². The third-order valence-corrected chi connectivity index (χ3v) is 8.41. The third-order valence-electron chi connectivity index (χ3n) is 8.41. The second kappa shape index (κ2) is 16.1. The largest absolute Gasteiger partial charge is 0.491 e. The number of aromatic nitrogens is 3. The number of aliphatic hydroxyl groups excluding tert-OH is 1. The van der Waals surface area contributed by atoms with Gasteiger partial charge in [-0.25, -0.2) is 15.0 Å². The van der Waals surface area contributed by atoms with E-state index in [1.165, 1.54) is 24.0 Å². The standard InChI is InChI=1S/C38H50N4O4/c1-9-11-12-29(10-2)20-44-21-30(43)22-45-31-13-14-32(33(19-31)46-39)36-40-37(34-25(5)15-23(3)16-26(34)6)42-38(41-36)35-27(7)17-24(4)18-28(35)8/h13-19,29-30,43H,9-12,20-22,39H2,1-8H3. The summed E-state index contributed by atoms with van der Waals surface area (Å²) in [4.78, 5) is 20.3. The van der Waals surface area contributed by atoms with Gasteiger partial charge in [0.05, 0.1) is 12.2 Å². The number of nitrogens with two attached hydrogens (primary N) is 1. The smallest absolute Gasteiger partial charge is 0.167 e. The molecule has 0 fully saturated rings. The van der Waals surface area contributed by atoms with Crippen molar-refractivity contribution in [2.24, 2.45) is 11.8 Å². The highest BCUT2D eigenvalue weighted by Gasteiger charge is 2.20. The minimum Gasteiger partial charge on any atom is -0.491 e. The minimum atomic E-state index is -0.763. The van der Waals surface area contributed by atoms with E-state index in [1.807, 2.05) is 6.07 Å². The molecule has 0 saturated carbocycles. The highest BCUT2D eigenvalue weighted by molar-refractivity contribution is 5.75. The Kier molecular flexibility index (Phi) is 12.3. The number of hydrogen-bond donors (Lipinski definition) is 2. The van der Waals surface area contributed by atoms with Gasteiger partial charge >= 0.3 is 0 Å². The van der Waals surface area contributed by atoms with Crippen molar-refractivity contribution < 1.29 is 19.4 Å². The van der Waals surface area contributed by atoms with Crippen LogP contribution in [-0.4, -0.2) is 46.0 Å². The molecule has 3 aromatic carbocycles. The molecule has 0 spiro atoms. The van der Waals surface area contributed by atoms with Gasteiger partial charge in [-0.1, -0.05) is 68.5 Å². The fourth-order valence-corrected chi connectivity index (χ4v) is 6.17. The Labute approximate surface area is 274 Å². The maximum absolute atomic E-state index is 10.5. The number of hydrogen-bond acceptors (Lipinski definition) is 8. The molecule has 8 heteroatoms. The summed E-state index contributed by atoms with van der Waals surface area (Å²) < 4.78 is 11.7. The van der Waals surface area contributed by atoms with Crippen LogP contribution in [0.2, 0.25) is 0 Å². The highest BCUT2D eigenvalue weighted by atomic mass is 16.6. The molecule has 4 aromatic rings. The number of unbranched alkanes of at least 4 members (excludes halogenated alkanes) is 1. The van der Waals surface area contributed by atoms with E-state index < -0.39 is 6.10 Å². The van der Waals surface area contributed by atoms with Crippen molar-refractivity contribution in [1.29, 1.82) is 0 Å². The highest BCUT2D eigenvalue weighted by Crippen LogP contribution is 2.36. The lowest BCUT2D eigenvalue weighted by molar-refractivity contribution is -0.00112. The van der Waals surface area contributed by atoms with Crippen LogP contribution in [0.15, 0.2) is 42.5 Å². The van der Waals surface area contributed by atoms with Gasteiger partial charge in [0, 0.05) is 23.8 Å². The van der Waals surface area contributed by atoms with Gasteiger partial charge in [0.15, 0.2) is 23.2 Å². The summed E-state index contributed by atoms with van der Waals surface area (Å²) in [6, 6.07) is 13.9. The summed E-state index contributed by atoms with van der Waals surface area (Å²) in [5, 5.41) is 10.5. The number of rotatable bonds is 15. The summed E-state index contributed by atoms with van der Waals surface area (Å²) in [6.07, 6.45) is 3.82. The topological polar surface area (TPSA) is 113 Å². The van der Waals surface area contributed by atoms with Gasteiger partial charge in [0.2, 0.25) is 0 Å². The van der Waals surface area contributed by atoms with Gasteiger partial charge in [-0.15, -0.1) is 0 Å². The lowest BCUT2D eigenvalue weighted by Gasteiger charge is -2.18. The van der Waals surface area contributed by atoms with Gasteiger partial charge in [-0.2, -0.15) is 5.90 Å². The maximum Gasteiger partial charge on any atom is 0.167 e. The van der Waals surface area contributed by atoms with Crippen molar-refractivity contribution in [2.75, 3.05) is 19.8 Å². The van der Waals surface area contributed by atoms with Crippen molar-refractivity contribution in [3.05, 3.63) is 75.8 Å². The van der Waals surface area contributed by atoms with Crippen LogP contribution < -0.4 is 15.5 Å². The average molecular weight is 627 g/mol. The Balaban J connectivity index is 1.64. The van der Waals surface area contributed by atoms with E-state index in [-0.39, 0.29) is 13.2 Å². The van der Waals surface area contributed by atoms with Crippen LogP contribution in [0.5, 0.6) is 11.5 Å². The monoisotopic (exact) mass is 626 g/mol. The summed E-state index contributed by atoms with van der Waals surface area (Å²) in [5.41, 5.74) is 9.27. The first-order chi connectivity index (χ1) is 22.0. The van der Waals surface area contributed by atoms with Crippen LogP contribution in [0.1, 0.15) is 72.9 Å². The zero-order chi connectivity index (χ0) is 33.4. The normalized spacial score (nSPS) is 12.7. The van der Waals surface area contributed by atoms with Crippen molar-refractivity contribution in [2.45, 2.75) is 87.2 Å². The number of nitrogens with zero attached hydrogens (tertiary/aromatic N) is 3. The zero-order valence-electron chi connectivity index (χ0n) is 28.7. The Morgan fingerprint density at radius 2 is 1.26 bits per heavy atom. The predicted octanol–water partition coefficient (Wildman–Crippen LogP) is 7.95. The summed E-state index contributed by atoms with van der Waals surface area (Å²) >= 11 is 0. The quantitative estimate of drug-likeness (QED) is 0.128. The molecule has 2 atom stereocenters. The van der Waals surface area contributed by atoms with Gasteiger partial charge in [-0.05, 0) is 88.3 Å². The van der Waals surface area contributed by atoms with E-state index in [0.29, 0.717) is 47.1 Å². The van der Waals surface area contributed by atoms with E-state index in [2.05, 4.69) is 79.7 Å². The van der Waals surface area contributed by atoms with Gasteiger partial charge in [0.1, 0.15) is 18.5 Å². The predicted molar refractivity (Wildman–Crippen MR) is 185 cm³/mol. The molecule has 2 unspecified atom stereocenters. The second-order valence-electron chi connectivity index (χ2n) is 12.5. The first-order valence-electron chi connectivity index (χ1n) is 16.4. The first-order valence-corrected chi connectivity index (χ1v) is 16.4. The Bertz CT molecular complexity index is 1520. The molecule has 0 saturated heterocycles. The molecular formula is C38H50N4O4. The Morgan fingerprint density at radius 3 is 1.76 bits per heavy atom. The number of aliphatic hydroxyl groups is 1. The SMILES string of the molecule is CCCCC(CC)COCC(O)COc1ccc(-c2nc(-c3c(C)cc(C)cc3C)nc(-c3c(C)cc(C)cc3C)n2)c(ON)c1. The number of aryl methyl sites for hydroxylation is 6. The molecule has 0 amide bonds. The average Bonchev–Trinajstić information content (AvgIpc) is 3.00. The number of benzene rings is 3. The molecule has 1 heterocycles. The molecule has 0 aliphatic heterocycles. The van der Waals surface area contributed by atoms with Crippen molar-refractivity contribution in [3.63, 3.8) is 0 Å². The molecule has 4 rings (SSSR count). The van der Waals surface area contributed by atoms with Crippen molar-refractivity contribution >= 4 is 0 Å². The molecular weight excluding hydrogens is 576 g/mol. The molecule has 0 radical (unpaired) electrons. The van der Waals surface area contributed by atoms with E-state index in [1.54, 1.807) is 12.1 Å². The molecule has 0 aliphatic rings. The van der Waals surface area contributed by atoms with Gasteiger partial charge < -0.3 is 19.4 Å². The molecule has 1 aromatic heterocycles. The minimum absolute atomic E-state index is 0.0765. The molecule has 46 heavy (non-hydrogen) atoms. The zero-order valence-corrected chi connectivity index (χ0v) is 28.7. The number of ether oxygens (including phenoxy) is 2. The Hall–Kier alpha value is -3.85. The van der Waals surface area contributed by atoms with E-state index in [0.717, 1.165) is 46.2 Å².